The van der Waals surface area contributed by atoms with E-state index in [0.29, 0.717) is 46.7 Å². The number of benzene rings is 2. The SMILES string of the molecule is COc1cc(Cl)ccc1-c1nc(-c2ccc(S(=O)(=O)N3CCCCC3)cc2)no1. The maximum atomic E-state index is 12.8. The molecule has 29 heavy (non-hydrogen) atoms. The molecule has 0 radical (unpaired) electrons. The van der Waals surface area contributed by atoms with Gasteiger partial charge >= 0.3 is 0 Å². The smallest absolute Gasteiger partial charge is 0.262 e. The molecule has 0 N–H and O–H groups in total. The highest BCUT2D eigenvalue weighted by atomic mass is 35.5. The molecule has 2 heterocycles. The number of halogens is 1. The molecule has 0 spiro atoms. The van der Waals surface area contributed by atoms with Crippen LogP contribution >= 0.6 is 11.6 Å². The van der Waals surface area contributed by atoms with Crippen LogP contribution in [0.1, 0.15) is 19.3 Å². The second-order valence-corrected chi connectivity index (χ2v) is 9.13. The summed E-state index contributed by atoms with van der Waals surface area (Å²) in [5.74, 6) is 1.17. The molecule has 0 amide bonds. The van der Waals surface area contributed by atoms with Gasteiger partial charge in [-0.3, -0.25) is 0 Å². The average Bonchev–Trinajstić information content (AvgIpc) is 3.24. The number of methoxy groups -OCH3 is 1. The van der Waals surface area contributed by atoms with Crippen molar-refractivity contribution in [3.63, 3.8) is 0 Å². The van der Waals surface area contributed by atoms with Gasteiger partial charge in [0, 0.05) is 23.7 Å². The van der Waals surface area contributed by atoms with Gasteiger partial charge in [-0.25, -0.2) is 8.42 Å². The van der Waals surface area contributed by atoms with Gasteiger partial charge < -0.3 is 9.26 Å². The molecule has 7 nitrogen and oxygen atoms in total. The first-order chi connectivity index (χ1) is 14.0. The maximum Gasteiger partial charge on any atom is 0.262 e. The fourth-order valence-corrected chi connectivity index (χ4v) is 5.00. The number of nitrogens with zero attached hydrogens (tertiary/aromatic N) is 3. The van der Waals surface area contributed by atoms with E-state index in [0.717, 1.165) is 19.3 Å². The molecule has 2 aromatic carbocycles. The van der Waals surface area contributed by atoms with Crippen molar-refractivity contribution >= 4 is 21.6 Å². The van der Waals surface area contributed by atoms with Crippen molar-refractivity contribution in [1.29, 1.82) is 0 Å². The van der Waals surface area contributed by atoms with Crippen LogP contribution in [0, 0.1) is 0 Å². The third-order valence-corrected chi connectivity index (χ3v) is 7.03. The van der Waals surface area contributed by atoms with Crippen molar-refractivity contribution in [2.45, 2.75) is 24.2 Å². The quantitative estimate of drug-likeness (QED) is 0.598. The summed E-state index contributed by atoms with van der Waals surface area (Å²) in [5, 5.41) is 4.55. The second kappa shape index (κ2) is 8.14. The Hall–Kier alpha value is -2.42. The monoisotopic (exact) mass is 433 g/mol. The first-order valence-corrected chi connectivity index (χ1v) is 11.1. The second-order valence-electron chi connectivity index (χ2n) is 6.76. The minimum Gasteiger partial charge on any atom is -0.496 e. The maximum absolute atomic E-state index is 12.8. The van der Waals surface area contributed by atoms with Crippen molar-refractivity contribution in [1.82, 2.24) is 14.4 Å². The lowest BCUT2D eigenvalue weighted by atomic mass is 10.2. The predicted octanol–water partition coefficient (Wildman–Crippen LogP) is 4.24. The van der Waals surface area contributed by atoms with Crippen LogP contribution in [0.15, 0.2) is 51.9 Å². The molecule has 0 atom stereocenters. The van der Waals surface area contributed by atoms with Gasteiger partial charge in [0.1, 0.15) is 5.75 Å². The number of aromatic nitrogens is 2. The lowest BCUT2D eigenvalue weighted by Crippen LogP contribution is -2.35. The minimum atomic E-state index is -3.47. The van der Waals surface area contributed by atoms with Gasteiger partial charge in [-0.1, -0.05) is 23.2 Å². The van der Waals surface area contributed by atoms with E-state index < -0.39 is 10.0 Å². The molecule has 9 heteroatoms. The van der Waals surface area contributed by atoms with Gasteiger partial charge in [0.05, 0.1) is 17.6 Å². The Kier molecular flexibility index (Phi) is 5.58. The van der Waals surface area contributed by atoms with E-state index in [2.05, 4.69) is 10.1 Å². The summed E-state index contributed by atoms with van der Waals surface area (Å²) in [6.45, 7) is 1.14. The van der Waals surface area contributed by atoms with E-state index in [1.807, 2.05) is 0 Å². The molecule has 1 aliphatic heterocycles. The molecule has 1 aliphatic rings. The Balaban J connectivity index is 1.59. The summed E-state index contributed by atoms with van der Waals surface area (Å²) in [5.41, 5.74) is 1.28. The molecule has 1 aromatic heterocycles. The summed E-state index contributed by atoms with van der Waals surface area (Å²) in [6.07, 6.45) is 2.87. The molecule has 0 aliphatic carbocycles. The molecule has 152 valence electrons. The zero-order chi connectivity index (χ0) is 20.4. The Morgan fingerprint density at radius 3 is 2.48 bits per heavy atom. The molecule has 3 aromatic rings. The minimum absolute atomic E-state index is 0.270. The topological polar surface area (TPSA) is 85.5 Å². The molecule has 4 rings (SSSR count). The molecular weight excluding hydrogens is 414 g/mol. The van der Waals surface area contributed by atoms with E-state index in [1.54, 1.807) is 46.8 Å². The fourth-order valence-electron chi connectivity index (χ4n) is 3.32. The zero-order valence-electron chi connectivity index (χ0n) is 15.8. The highest BCUT2D eigenvalue weighted by molar-refractivity contribution is 7.89. The number of hydrogen-bond donors (Lipinski definition) is 0. The first-order valence-electron chi connectivity index (χ1n) is 9.27. The molecular formula is C20H20ClN3O4S. The van der Waals surface area contributed by atoms with Crippen molar-refractivity contribution in [2.24, 2.45) is 0 Å². The van der Waals surface area contributed by atoms with Crippen LogP contribution in [0.3, 0.4) is 0 Å². The average molecular weight is 434 g/mol. The summed E-state index contributed by atoms with van der Waals surface area (Å²) in [4.78, 5) is 4.68. The van der Waals surface area contributed by atoms with Crippen LogP contribution in [0.25, 0.3) is 22.8 Å². The summed E-state index contributed by atoms with van der Waals surface area (Å²) < 4.78 is 37.8. The highest BCUT2D eigenvalue weighted by Gasteiger charge is 2.26. The van der Waals surface area contributed by atoms with E-state index >= 15 is 0 Å². The third kappa shape index (κ3) is 4.01. The predicted molar refractivity (Wildman–Crippen MR) is 109 cm³/mol. The summed E-state index contributed by atoms with van der Waals surface area (Å²) >= 11 is 5.99. The lowest BCUT2D eigenvalue weighted by Gasteiger charge is -2.25. The lowest BCUT2D eigenvalue weighted by molar-refractivity contribution is 0.346. The van der Waals surface area contributed by atoms with E-state index in [1.165, 1.54) is 7.11 Å². The van der Waals surface area contributed by atoms with Gasteiger partial charge in [-0.05, 0) is 55.3 Å². The molecule has 1 fully saturated rings. The van der Waals surface area contributed by atoms with E-state index in [9.17, 15) is 8.42 Å². The molecule has 1 saturated heterocycles. The standard InChI is InChI=1S/C20H20ClN3O4S/c1-27-18-13-15(21)7-10-17(18)20-22-19(23-28-20)14-5-8-16(9-6-14)29(25,26)24-11-3-2-4-12-24/h5-10,13H,2-4,11-12H2,1H3. The van der Waals surface area contributed by atoms with E-state index in [4.69, 9.17) is 20.9 Å². The Morgan fingerprint density at radius 2 is 1.79 bits per heavy atom. The number of rotatable bonds is 5. The largest absolute Gasteiger partial charge is 0.496 e. The molecule has 0 unspecified atom stereocenters. The van der Waals surface area contributed by atoms with Crippen LogP contribution < -0.4 is 4.74 Å². The third-order valence-electron chi connectivity index (χ3n) is 4.89. The molecule has 0 bridgehead atoms. The number of piperidine rings is 1. The van der Waals surface area contributed by atoms with E-state index in [-0.39, 0.29) is 4.90 Å². The molecule has 0 saturated carbocycles. The van der Waals surface area contributed by atoms with Gasteiger partial charge in [-0.15, -0.1) is 0 Å². The Morgan fingerprint density at radius 1 is 1.07 bits per heavy atom. The number of sulfonamides is 1. The van der Waals surface area contributed by atoms with Crippen LogP contribution in [0.5, 0.6) is 5.75 Å². The van der Waals surface area contributed by atoms with Gasteiger partial charge in [0.25, 0.3) is 5.89 Å². The number of ether oxygens (including phenoxy) is 1. The van der Waals surface area contributed by atoms with Crippen molar-refractivity contribution in [3.05, 3.63) is 47.5 Å². The van der Waals surface area contributed by atoms with Gasteiger partial charge in [-0.2, -0.15) is 9.29 Å². The van der Waals surface area contributed by atoms with Crippen LogP contribution in [0.2, 0.25) is 5.02 Å². The Labute approximate surface area is 174 Å². The summed E-state index contributed by atoms with van der Waals surface area (Å²) in [6, 6.07) is 11.7. The summed E-state index contributed by atoms with van der Waals surface area (Å²) in [7, 11) is -1.94. The highest BCUT2D eigenvalue weighted by Crippen LogP contribution is 2.32. The van der Waals surface area contributed by atoms with Crippen LogP contribution in [-0.2, 0) is 10.0 Å². The van der Waals surface area contributed by atoms with Crippen molar-refractivity contribution in [3.8, 4) is 28.6 Å². The fraction of sp³-hybridized carbons (Fsp3) is 0.300. The Bertz CT molecular complexity index is 1110. The van der Waals surface area contributed by atoms with Gasteiger partial charge in [0.15, 0.2) is 0 Å². The van der Waals surface area contributed by atoms with Crippen LogP contribution in [0.4, 0.5) is 0 Å². The van der Waals surface area contributed by atoms with Crippen LogP contribution in [-0.4, -0.2) is 43.1 Å². The van der Waals surface area contributed by atoms with Crippen molar-refractivity contribution < 1.29 is 17.7 Å². The zero-order valence-corrected chi connectivity index (χ0v) is 17.4. The van der Waals surface area contributed by atoms with Crippen molar-refractivity contribution in [2.75, 3.05) is 20.2 Å². The number of hydrogen-bond acceptors (Lipinski definition) is 6. The normalized spacial score (nSPS) is 15.4. The van der Waals surface area contributed by atoms with Gasteiger partial charge in [0.2, 0.25) is 15.8 Å². The first kappa shape index (κ1) is 19.9.